The van der Waals surface area contributed by atoms with Crippen molar-refractivity contribution in [1.82, 2.24) is 5.32 Å². The van der Waals surface area contributed by atoms with Crippen molar-refractivity contribution in [3.05, 3.63) is 0 Å². The molecule has 152 valence electrons. The molecule has 2 amide bonds. The first-order chi connectivity index (χ1) is 12.2. The Morgan fingerprint density at radius 2 is 1.50 bits per heavy atom. The highest BCUT2D eigenvalue weighted by atomic mass is 16.7. The predicted molar refractivity (Wildman–Crippen MR) is 79.1 cm³/mol. The SMILES string of the molecule is NC(=O)N[C@H]1O[C@H](CO)[C@@H](O[C@@H]2O[C@H](CO)[C@H](O)[C@H](O)[C@H]2O)[C@H](O)[C@H]1O. The molecular weight excluding hydrogens is 360 g/mol. The minimum Gasteiger partial charge on any atom is -0.394 e. The summed E-state index contributed by atoms with van der Waals surface area (Å²) in [6, 6.07) is -1.04. The molecule has 10 N–H and O–H groups in total. The number of hydrogen-bond donors (Lipinski definition) is 9. The van der Waals surface area contributed by atoms with Crippen LogP contribution in [0.1, 0.15) is 0 Å². The van der Waals surface area contributed by atoms with Crippen LogP contribution in [-0.2, 0) is 14.2 Å². The highest BCUT2D eigenvalue weighted by Gasteiger charge is 2.50. The topological polar surface area (TPSA) is 224 Å². The summed E-state index contributed by atoms with van der Waals surface area (Å²) in [5, 5.41) is 70.3. The first-order valence-corrected chi connectivity index (χ1v) is 7.85. The van der Waals surface area contributed by atoms with Gasteiger partial charge in [0.25, 0.3) is 0 Å². The Morgan fingerprint density at radius 1 is 0.885 bits per heavy atom. The van der Waals surface area contributed by atoms with E-state index in [1.807, 2.05) is 5.32 Å². The van der Waals surface area contributed by atoms with Crippen molar-refractivity contribution in [1.29, 1.82) is 0 Å². The molecule has 13 heteroatoms. The maximum Gasteiger partial charge on any atom is 0.314 e. The molecule has 0 saturated carbocycles. The summed E-state index contributed by atoms with van der Waals surface area (Å²) >= 11 is 0. The lowest BCUT2D eigenvalue weighted by molar-refractivity contribution is -0.342. The van der Waals surface area contributed by atoms with E-state index in [9.17, 15) is 35.4 Å². The molecule has 0 radical (unpaired) electrons. The van der Waals surface area contributed by atoms with Crippen LogP contribution >= 0.6 is 0 Å². The number of nitrogens with one attached hydrogen (secondary N) is 1. The minimum atomic E-state index is -1.75. The Morgan fingerprint density at radius 3 is 2.04 bits per heavy atom. The van der Waals surface area contributed by atoms with Crippen molar-refractivity contribution in [2.75, 3.05) is 13.2 Å². The largest absolute Gasteiger partial charge is 0.394 e. The van der Waals surface area contributed by atoms with Gasteiger partial charge in [0.1, 0.15) is 48.8 Å². The van der Waals surface area contributed by atoms with E-state index in [2.05, 4.69) is 0 Å². The molecule has 0 bridgehead atoms. The summed E-state index contributed by atoms with van der Waals surface area (Å²) in [7, 11) is 0. The van der Waals surface area contributed by atoms with E-state index in [1.54, 1.807) is 0 Å². The maximum atomic E-state index is 10.9. The van der Waals surface area contributed by atoms with Gasteiger partial charge in [0.15, 0.2) is 12.5 Å². The third-order valence-electron chi connectivity index (χ3n) is 4.29. The fourth-order valence-electron chi connectivity index (χ4n) is 2.85. The average Bonchev–Trinajstić information content (AvgIpc) is 2.60. The van der Waals surface area contributed by atoms with Gasteiger partial charge in [-0.3, -0.25) is 0 Å². The second-order valence-corrected chi connectivity index (χ2v) is 6.07. The maximum absolute atomic E-state index is 10.9. The number of primary amides is 1. The average molecular weight is 384 g/mol. The third kappa shape index (κ3) is 4.23. The van der Waals surface area contributed by atoms with E-state index in [1.165, 1.54) is 0 Å². The van der Waals surface area contributed by atoms with E-state index in [0.717, 1.165) is 0 Å². The standard InChI is InChI=1S/C13H24N2O11/c14-13(23)15-11-8(21)7(20)10(4(2-17)24-11)26-12-9(22)6(19)5(18)3(1-16)25-12/h3-12,16-22H,1-2H2,(H3,14,15,23)/t3-,4-,5+,6+,7-,8-,9-,10-,11+,12+/m1/s1. The first kappa shape index (κ1) is 21.2. The monoisotopic (exact) mass is 384 g/mol. The zero-order chi connectivity index (χ0) is 19.6. The van der Waals surface area contributed by atoms with Crippen LogP contribution in [0.3, 0.4) is 0 Å². The van der Waals surface area contributed by atoms with Gasteiger partial charge in [0.2, 0.25) is 0 Å². The molecule has 13 nitrogen and oxygen atoms in total. The van der Waals surface area contributed by atoms with E-state index >= 15 is 0 Å². The van der Waals surface area contributed by atoms with Crippen LogP contribution in [-0.4, -0.2) is 116 Å². The smallest absolute Gasteiger partial charge is 0.314 e. The molecule has 0 aromatic rings. The molecule has 0 aromatic carbocycles. The lowest BCUT2D eigenvalue weighted by atomic mass is 9.96. The molecule has 26 heavy (non-hydrogen) atoms. The van der Waals surface area contributed by atoms with E-state index in [-0.39, 0.29) is 0 Å². The number of aliphatic hydroxyl groups is 7. The zero-order valence-corrected chi connectivity index (χ0v) is 13.5. The van der Waals surface area contributed by atoms with Gasteiger partial charge < -0.3 is 61.0 Å². The second kappa shape index (κ2) is 8.71. The molecule has 10 atom stereocenters. The Bertz CT molecular complexity index is 479. The van der Waals surface area contributed by atoms with Gasteiger partial charge in [-0.2, -0.15) is 0 Å². The Hall–Kier alpha value is -1.13. The summed E-state index contributed by atoms with van der Waals surface area (Å²) < 4.78 is 15.7. The molecule has 2 saturated heterocycles. The van der Waals surface area contributed by atoms with Crippen LogP contribution in [0.25, 0.3) is 0 Å². The molecular formula is C13H24N2O11. The number of rotatable bonds is 5. The van der Waals surface area contributed by atoms with Crippen molar-refractivity contribution >= 4 is 6.03 Å². The third-order valence-corrected chi connectivity index (χ3v) is 4.29. The summed E-state index contributed by atoms with van der Waals surface area (Å²) in [6.45, 7) is -1.39. The molecule has 0 unspecified atom stereocenters. The fraction of sp³-hybridized carbons (Fsp3) is 0.923. The number of carbonyl (C=O) groups is 1. The van der Waals surface area contributed by atoms with Crippen LogP contribution < -0.4 is 11.1 Å². The number of urea groups is 1. The fourth-order valence-corrected chi connectivity index (χ4v) is 2.85. The molecule has 0 aromatic heterocycles. The Labute approximate surface area is 147 Å². The van der Waals surface area contributed by atoms with E-state index in [0.29, 0.717) is 0 Å². The van der Waals surface area contributed by atoms with E-state index in [4.69, 9.17) is 25.1 Å². The highest BCUT2D eigenvalue weighted by molar-refractivity contribution is 5.71. The summed E-state index contributed by atoms with van der Waals surface area (Å²) in [6.07, 6.45) is -15.5. The van der Waals surface area contributed by atoms with E-state index < -0.39 is 80.6 Å². The molecule has 2 heterocycles. The van der Waals surface area contributed by atoms with Gasteiger partial charge in [0.05, 0.1) is 13.2 Å². The molecule has 0 aliphatic carbocycles. The van der Waals surface area contributed by atoms with Gasteiger partial charge in [-0.05, 0) is 0 Å². The summed E-state index contributed by atoms with van der Waals surface area (Å²) in [4.78, 5) is 10.9. The Balaban J connectivity index is 2.12. The van der Waals surface area contributed by atoms with Gasteiger partial charge >= 0.3 is 6.03 Å². The molecule has 2 rings (SSSR count). The van der Waals surface area contributed by atoms with Crippen LogP contribution in [0.15, 0.2) is 0 Å². The number of carbonyl (C=O) groups excluding carboxylic acids is 1. The predicted octanol–water partition coefficient (Wildman–Crippen LogP) is -5.72. The Kier molecular flexibility index (Phi) is 7.09. The molecule has 0 spiro atoms. The minimum absolute atomic E-state index is 0.689. The first-order valence-electron chi connectivity index (χ1n) is 7.85. The number of nitrogens with two attached hydrogens (primary N) is 1. The van der Waals surface area contributed by atoms with Gasteiger partial charge in [-0.25, -0.2) is 4.79 Å². The quantitative estimate of drug-likeness (QED) is 0.217. The van der Waals surface area contributed by atoms with Crippen molar-refractivity contribution in [2.24, 2.45) is 5.73 Å². The summed E-state index contributed by atoms with van der Waals surface area (Å²) in [5.74, 6) is 0. The normalized spacial score (nSPS) is 46.7. The van der Waals surface area contributed by atoms with Gasteiger partial charge in [0, 0.05) is 0 Å². The molecule has 2 aliphatic rings. The van der Waals surface area contributed by atoms with Gasteiger partial charge in [-0.1, -0.05) is 0 Å². The van der Waals surface area contributed by atoms with Crippen LogP contribution in [0.5, 0.6) is 0 Å². The lowest BCUT2D eigenvalue weighted by Gasteiger charge is -2.46. The van der Waals surface area contributed by atoms with Crippen LogP contribution in [0, 0.1) is 0 Å². The van der Waals surface area contributed by atoms with Crippen LogP contribution in [0.2, 0.25) is 0 Å². The van der Waals surface area contributed by atoms with Crippen molar-refractivity contribution in [3.8, 4) is 0 Å². The van der Waals surface area contributed by atoms with Crippen molar-refractivity contribution < 1.29 is 54.8 Å². The zero-order valence-electron chi connectivity index (χ0n) is 13.5. The summed E-state index contributed by atoms with van der Waals surface area (Å²) in [5.41, 5.74) is 4.93. The van der Waals surface area contributed by atoms with Gasteiger partial charge in [-0.15, -0.1) is 0 Å². The second-order valence-electron chi connectivity index (χ2n) is 6.07. The molecule has 2 fully saturated rings. The van der Waals surface area contributed by atoms with Crippen molar-refractivity contribution in [2.45, 2.75) is 61.3 Å². The number of aliphatic hydroxyl groups excluding tert-OH is 7. The number of amides is 2. The highest BCUT2D eigenvalue weighted by Crippen LogP contribution is 2.28. The van der Waals surface area contributed by atoms with Crippen LogP contribution in [0.4, 0.5) is 4.79 Å². The lowest BCUT2D eigenvalue weighted by Crippen LogP contribution is -2.66. The van der Waals surface area contributed by atoms with Crippen molar-refractivity contribution in [3.63, 3.8) is 0 Å². The number of hydrogen-bond acceptors (Lipinski definition) is 11. The number of ether oxygens (including phenoxy) is 3. The molecule has 2 aliphatic heterocycles.